The van der Waals surface area contributed by atoms with E-state index in [4.69, 9.17) is 5.73 Å². The van der Waals surface area contributed by atoms with Crippen molar-refractivity contribution in [3.8, 4) is 0 Å². The Hall–Kier alpha value is -1.00. The Morgan fingerprint density at radius 3 is 2.35 bits per heavy atom. The van der Waals surface area contributed by atoms with Gasteiger partial charge in [0.05, 0.1) is 6.04 Å². The standard InChI is InChI=1S/C16H24F2N2/c1-3-20(4-2)16(10-5-6-11-16)15(19)12-8-7-9-13(17)14(12)18/h7-9,15H,3-6,10-11,19H2,1-2H3. The van der Waals surface area contributed by atoms with Crippen LogP contribution in [0.5, 0.6) is 0 Å². The van der Waals surface area contributed by atoms with Crippen LogP contribution >= 0.6 is 0 Å². The third-order valence-electron chi connectivity index (χ3n) is 4.76. The average Bonchev–Trinajstić information content (AvgIpc) is 2.93. The first kappa shape index (κ1) is 15.4. The van der Waals surface area contributed by atoms with Crippen LogP contribution in [0.3, 0.4) is 0 Å². The van der Waals surface area contributed by atoms with Crippen molar-refractivity contribution in [2.75, 3.05) is 13.1 Å². The van der Waals surface area contributed by atoms with Gasteiger partial charge in [-0.3, -0.25) is 4.90 Å². The van der Waals surface area contributed by atoms with Crippen LogP contribution in [0, 0.1) is 11.6 Å². The Balaban J connectivity index is 2.41. The van der Waals surface area contributed by atoms with Gasteiger partial charge in [-0.25, -0.2) is 8.78 Å². The lowest BCUT2D eigenvalue weighted by atomic mass is 9.82. The van der Waals surface area contributed by atoms with E-state index < -0.39 is 17.7 Å². The highest BCUT2D eigenvalue weighted by Gasteiger charge is 2.44. The molecule has 0 amide bonds. The molecule has 20 heavy (non-hydrogen) atoms. The molecule has 0 aromatic heterocycles. The molecule has 2 rings (SSSR count). The third-order valence-corrected chi connectivity index (χ3v) is 4.76. The molecule has 1 fully saturated rings. The highest BCUT2D eigenvalue weighted by atomic mass is 19.2. The van der Waals surface area contributed by atoms with E-state index in [1.165, 1.54) is 0 Å². The van der Waals surface area contributed by atoms with E-state index in [0.717, 1.165) is 44.8 Å². The smallest absolute Gasteiger partial charge is 0.163 e. The van der Waals surface area contributed by atoms with Crippen LogP contribution in [0.25, 0.3) is 0 Å². The highest BCUT2D eigenvalue weighted by Crippen LogP contribution is 2.43. The fraction of sp³-hybridized carbons (Fsp3) is 0.625. The van der Waals surface area contributed by atoms with Crippen LogP contribution in [0.1, 0.15) is 51.1 Å². The molecule has 1 aliphatic rings. The van der Waals surface area contributed by atoms with Gasteiger partial charge in [0.15, 0.2) is 11.6 Å². The van der Waals surface area contributed by atoms with Crippen molar-refractivity contribution in [1.29, 1.82) is 0 Å². The van der Waals surface area contributed by atoms with Crippen LogP contribution in [-0.2, 0) is 0 Å². The lowest BCUT2D eigenvalue weighted by Crippen LogP contribution is -2.53. The number of hydrogen-bond acceptors (Lipinski definition) is 2. The first-order valence-corrected chi connectivity index (χ1v) is 7.51. The summed E-state index contributed by atoms with van der Waals surface area (Å²) in [5.41, 5.74) is 6.48. The Bertz CT molecular complexity index is 452. The molecule has 0 aliphatic heterocycles. The van der Waals surface area contributed by atoms with Gasteiger partial charge in [-0.2, -0.15) is 0 Å². The predicted molar refractivity (Wildman–Crippen MR) is 77.4 cm³/mol. The molecule has 1 aromatic carbocycles. The number of halogens is 2. The molecular formula is C16H24F2N2. The molecule has 1 saturated carbocycles. The fourth-order valence-corrected chi connectivity index (χ4v) is 3.71. The van der Waals surface area contributed by atoms with E-state index >= 15 is 0 Å². The summed E-state index contributed by atoms with van der Waals surface area (Å²) in [7, 11) is 0. The van der Waals surface area contributed by atoms with Gasteiger partial charge in [0, 0.05) is 11.1 Å². The molecular weight excluding hydrogens is 258 g/mol. The van der Waals surface area contributed by atoms with E-state index in [2.05, 4.69) is 18.7 Å². The first-order valence-electron chi connectivity index (χ1n) is 7.51. The molecule has 0 spiro atoms. The quantitative estimate of drug-likeness (QED) is 0.893. The van der Waals surface area contributed by atoms with E-state index in [1.54, 1.807) is 12.1 Å². The fourth-order valence-electron chi connectivity index (χ4n) is 3.71. The number of nitrogens with zero attached hydrogens (tertiary/aromatic N) is 1. The van der Waals surface area contributed by atoms with Gasteiger partial charge in [-0.1, -0.05) is 38.8 Å². The maximum atomic E-state index is 14.1. The molecule has 0 heterocycles. The second-order valence-corrected chi connectivity index (χ2v) is 5.60. The summed E-state index contributed by atoms with van der Waals surface area (Å²) >= 11 is 0. The highest BCUT2D eigenvalue weighted by molar-refractivity contribution is 5.26. The molecule has 2 nitrogen and oxygen atoms in total. The normalized spacial score (nSPS) is 19.5. The topological polar surface area (TPSA) is 29.3 Å². The van der Waals surface area contributed by atoms with Crippen LogP contribution in [-0.4, -0.2) is 23.5 Å². The summed E-state index contributed by atoms with van der Waals surface area (Å²) in [6.07, 6.45) is 4.10. The molecule has 4 heteroatoms. The van der Waals surface area contributed by atoms with Crippen molar-refractivity contribution in [2.45, 2.75) is 51.1 Å². The molecule has 0 radical (unpaired) electrons. The van der Waals surface area contributed by atoms with Crippen LogP contribution < -0.4 is 5.73 Å². The Labute approximate surface area is 120 Å². The van der Waals surface area contributed by atoms with Gasteiger partial charge in [-0.15, -0.1) is 0 Å². The van der Waals surface area contributed by atoms with Crippen LogP contribution in [0.15, 0.2) is 18.2 Å². The maximum absolute atomic E-state index is 14.1. The van der Waals surface area contributed by atoms with Gasteiger partial charge >= 0.3 is 0 Å². The van der Waals surface area contributed by atoms with Crippen molar-refractivity contribution in [2.24, 2.45) is 5.73 Å². The Morgan fingerprint density at radius 2 is 1.80 bits per heavy atom. The molecule has 112 valence electrons. The zero-order valence-electron chi connectivity index (χ0n) is 12.3. The molecule has 1 atom stereocenters. The van der Waals surface area contributed by atoms with Gasteiger partial charge in [0.2, 0.25) is 0 Å². The van der Waals surface area contributed by atoms with Crippen molar-refractivity contribution >= 4 is 0 Å². The van der Waals surface area contributed by atoms with Gasteiger partial charge in [0.25, 0.3) is 0 Å². The molecule has 0 bridgehead atoms. The summed E-state index contributed by atoms with van der Waals surface area (Å²) < 4.78 is 27.5. The SMILES string of the molecule is CCN(CC)C1(C(N)c2cccc(F)c2F)CCCC1. The second kappa shape index (κ2) is 6.19. The number of likely N-dealkylation sites (N-methyl/N-ethyl adjacent to an activating group) is 1. The lowest BCUT2D eigenvalue weighted by Gasteiger charge is -2.45. The molecule has 1 aromatic rings. The summed E-state index contributed by atoms with van der Waals surface area (Å²) in [6.45, 7) is 5.94. The third kappa shape index (κ3) is 2.47. The summed E-state index contributed by atoms with van der Waals surface area (Å²) in [6, 6.07) is 3.82. The summed E-state index contributed by atoms with van der Waals surface area (Å²) in [5, 5.41) is 0. The van der Waals surface area contributed by atoms with E-state index in [9.17, 15) is 8.78 Å². The van der Waals surface area contributed by atoms with E-state index in [0.29, 0.717) is 5.56 Å². The van der Waals surface area contributed by atoms with Gasteiger partial charge in [0.1, 0.15) is 0 Å². The molecule has 1 aliphatic carbocycles. The lowest BCUT2D eigenvalue weighted by molar-refractivity contribution is 0.0755. The number of benzene rings is 1. The second-order valence-electron chi connectivity index (χ2n) is 5.60. The predicted octanol–water partition coefficient (Wildman–Crippen LogP) is 3.62. The minimum Gasteiger partial charge on any atom is -0.322 e. The molecule has 1 unspecified atom stereocenters. The van der Waals surface area contributed by atoms with Crippen molar-refractivity contribution in [1.82, 2.24) is 4.90 Å². The van der Waals surface area contributed by atoms with Gasteiger partial charge < -0.3 is 5.73 Å². The van der Waals surface area contributed by atoms with E-state index in [-0.39, 0.29) is 5.54 Å². The maximum Gasteiger partial charge on any atom is 0.163 e. The Kier molecular flexibility index (Phi) is 4.76. The zero-order valence-corrected chi connectivity index (χ0v) is 12.3. The Morgan fingerprint density at radius 1 is 1.20 bits per heavy atom. The van der Waals surface area contributed by atoms with Crippen LogP contribution in [0.4, 0.5) is 8.78 Å². The molecule has 2 N–H and O–H groups in total. The first-order chi connectivity index (χ1) is 9.56. The zero-order chi connectivity index (χ0) is 14.8. The number of rotatable bonds is 5. The minimum absolute atomic E-state index is 0.238. The average molecular weight is 282 g/mol. The van der Waals surface area contributed by atoms with Gasteiger partial charge in [-0.05, 0) is 32.0 Å². The minimum atomic E-state index is -0.814. The van der Waals surface area contributed by atoms with E-state index in [1.807, 2.05) is 0 Å². The van der Waals surface area contributed by atoms with Crippen molar-refractivity contribution in [3.05, 3.63) is 35.4 Å². The molecule has 0 saturated heterocycles. The number of hydrogen-bond donors (Lipinski definition) is 1. The largest absolute Gasteiger partial charge is 0.322 e. The van der Waals surface area contributed by atoms with Crippen molar-refractivity contribution < 1.29 is 8.78 Å². The van der Waals surface area contributed by atoms with Crippen molar-refractivity contribution in [3.63, 3.8) is 0 Å². The summed E-state index contributed by atoms with van der Waals surface area (Å²) in [4.78, 5) is 2.31. The van der Waals surface area contributed by atoms with Crippen LogP contribution in [0.2, 0.25) is 0 Å². The monoisotopic (exact) mass is 282 g/mol. The summed E-state index contributed by atoms with van der Waals surface area (Å²) in [5.74, 6) is -1.61. The number of nitrogens with two attached hydrogens (primary N) is 1.